The molecule has 0 radical (unpaired) electrons. The molecular weight excluding hydrogens is 835 g/mol. The van der Waals surface area contributed by atoms with Crippen LogP contribution in [-0.2, 0) is 0 Å². The quantitative estimate of drug-likeness (QED) is 0.141. The molecule has 0 atom stereocenters. The normalized spacial score (nSPS) is 11.5. The Morgan fingerprint density at radius 2 is 0.667 bits per heavy atom. The Labute approximate surface area is 401 Å². The average molecular weight is 880 g/mol. The van der Waals surface area contributed by atoms with Crippen LogP contribution < -0.4 is 4.90 Å². The summed E-state index contributed by atoms with van der Waals surface area (Å²) in [7, 11) is 0. The summed E-state index contributed by atoms with van der Waals surface area (Å²) in [4.78, 5) is 2.44. The van der Waals surface area contributed by atoms with E-state index in [9.17, 15) is 0 Å². The van der Waals surface area contributed by atoms with Crippen molar-refractivity contribution < 1.29 is 0 Å². The molecule has 13 aromatic rings. The second-order valence-electron chi connectivity index (χ2n) is 17.7. The van der Waals surface area contributed by atoms with Crippen molar-refractivity contribution in [3.63, 3.8) is 0 Å². The standard InChI is InChI=1S/C66H45N3/c1-3-20-47(21-4-1)53-26-7-8-27-54(53)55-28-9-10-29-56(55)57-30-11-15-34-62(57)67(52-42-43-61-60-33-14-16-35-63(60)68(66(61)45-52)49-23-5-2-6-24-49)50-40-38-46(39-41-50)48-22-19-25-51(44-48)69-64-36-17-12-31-58(64)59-32-13-18-37-65(59)69/h1-45H. The molecule has 0 bridgehead atoms. The molecular formula is C66H45N3. The largest absolute Gasteiger partial charge is 0.310 e. The van der Waals surface area contributed by atoms with E-state index in [1.165, 1.54) is 65.9 Å². The van der Waals surface area contributed by atoms with Gasteiger partial charge in [0.15, 0.2) is 0 Å². The van der Waals surface area contributed by atoms with Crippen LogP contribution in [0.2, 0.25) is 0 Å². The van der Waals surface area contributed by atoms with Gasteiger partial charge in [0.2, 0.25) is 0 Å². The molecule has 69 heavy (non-hydrogen) atoms. The van der Waals surface area contributed by atoms with Gasteiger partial charge in [-0.1, -0.05) is 200 Å². The lowest BCUT2D eigenvalue weighted by molar-refractivity contribution is 1.18. The maximum Gasteiger partial charge on any atom is 0.0561 e. The lowest BCUT2D eigenvalue weighted by atomic mass is 9.88. The minimum Gasteiger partial charge on any atom is -0.310 e. The van der Waals surface area contributed by atoms with E-state index < -0.39 is 0 Å². The molecule has 11 aromatic carbocycles. The topological polar surface area (TPSA) is 13.1 Å². The molecule has 0 saturated carbocycles. The Hall–Kier alpha value is -9.18. The summed E-state index contributed by atoms with van der Waals surface area (Å²) in [5.74, 6) is 0. The van der Waals surface area contributed by atoms with E-state index in [0.29, 0.717) is 0 Å². The predicted molar refractivity (Wildman–Crippen MR) is 292 cm³/mol. The zero-order valence-electron chi connectivity index (χ0n) is 37.8. The van der Waals surface area contributed by atoms with E-state index >= 15 is 0 Å². The van der Waals surface area contributed by atoms with Gasteiger partial charge in [0.25, 0.3) is 0 Å². The fraction of sp³-hybridized carbons (Fsp3) is 0. The number of rotatable bonds is 9. The number of nitrogens with zero attached hydrogens (tertiary/aromatic N) is 3. The van der Waals surface area contributed by atoms with Gasteiger partial charge in [0.1, 0.15) is 0 Å². The summed E-state index contributed by atoms with van der Waals surface area (Å²) in [6.07, 6.45) is 0. The highest BCUT2D eigenvalue weighted by Gasteiger charge is 2.22. The van der Waals surface area contributed by atoms with Crippen molar-refractivity contribution in [3.8, 4) is 55.9 Å². The van der Waals surface area contributed by atoms with E-state index in [0.717, 1.165) is 50.6 Å². The lowest BCUT2D eigenvalue weighted by Gasteiger charge is -2.29. The van der Waals surface area contributed by atoms with Gasteiger partial charge >= 0.3 is 0 Å². The van der Waals surface area contributed by atoms with E-state index in [1.54, 1.807) is 0 Å². The number of fused-ring (bicyclic) bond motifs is 6. The van der Waals surface area contributed by atoms with Crippen LogP contribution in [0, 0.1) is 0 Å². The summed E-state index contributed by atoms with van der Waals surface area (Å²) in [5, 5.41) is 4.96. The van der Waals surface area contributed by atoms with Crippen molar-refractivity contribution in [2.45, 2.75) is 0 Å². The third kappa shape index (κ3) is 6.91. The van der Waals surface area contributed by atoms with Crippen molar-refractivity contribution in [3.05, 3.63) is 273 Å². The molecule has 3 heteroatoms. The van der Waals surface area contributed by atoms with Crippen molar-refractivity contribution in [1.82, 2.24) is 9.13 Å². The third-order valence-corrected chi connectivity index (χ3v) is 13.7. The Morgan fingerprint density at radius 1 is 0.232 bits per heavy atom. The Balaban J connectivity index is 0.990. The number of hydrogen-bond acceptors (Lipinski definition) is 1. The van der Waals surface area contributed by atoms with Gasteiger partial charge in [-0.2, -0.15) is 0 Å². The average Bonchev–Trinajstić information content (AvgIpc) is 3.95. The highest BCUT2D eigenvalue weighted by molar-refractivity contribution is 6.11. The molecule has 0 unspecified atom stereocenters. The van der Waals surface area contributed by atoms with Gasteiger partial charge in [-0.15, -0.1) is 0 Å². The van der Waals surface area contributed by atoms with Crippen LogP contribution in [-0.4, -0.2) is 9.13 Å². The number of aromatic nitrogens is 2. The van der Waals surface area contributed by atoms with Gasteiger partial charge in [-0.25, -0.2) is 0 Å². The number of hydrogen-bond donors (Lipinski definition) is 0. The monoisotopic (exact) mass is 879 g/mol. The molecule has 3 nitrogen and oxygen atoms in total. The first-order chi connectivity index (χ1) is 34.3. The summed E-state index contributed by atoms with van der Waals surface area (Å²) in [5.41, 5.74) is 19.6. The van der Waals surface area contributed by atoms with Crippen LogP contribution in [0.3, 0.4) is 0 Å². The smallest absolute Gasteiger partial charge is 0.0561 e. The minimum atomic E-state index is 1.06. The second kappa shape index (κ2) is 16.9. The minimum absolute atomic E-state index is 1.06. The van der Waals surface area contributed by atoms with Crippen LogP contribution in [0.5, 0.6) is 0 Å². The van der Waals surface area contributed by atoms with Crippen molar-refractivity contribution in [2.75, 3.05) is 4.90 Å². The molecule has 0 fully saturated rings. The Bertz CT molecular complexity index is 3960. The molecule has 2 heterocycles. The lowest BCUT2D eigenvalue weighted by Crippen LogP contribution is -2.11. The van der Waals surface area contributed by atoms with Gasteiger partial charge in [0.05, 0.1) is 27.8 Å². The number of anilines is 3. The van der Waals surface area contributed by atoms with Crippen molar-refractivity contribution in [1.29, 1.82) is 0 Å². The van der Waals surface area contributed by atoms with E-state index in [1.807, 2.05) is 0 Å². The summed E-state index contributed by atoms with van der Waals surface area (Å²) in [6.45, 7) is 0. The number of para-hydroxylation sites is 5. The fourth-order valence-electron chi connectivity index (χ4n) is 10.6. The van der Waals surface area contributed by atoms with E-state index in [-0.39, 0.29) is 0 Å². The van der Waals surface area contributed by atoms with Crippen molar-refractivity contribution >= 4 is 60.7 Å². The van der Waals surface area contributed by atoms with Gasteiger partial charge in [-0.05, 0) is 112 Å². The van der Waals surface area contributed by atoms with Crippen LogP contribution in [0.1, 0.15) is 0 Å². The fourth-order valence-corrected chi connectivity index (χ4v) is 10.6. The van der Waals surface area contributed by atoms with E-state index in [4.69, 9.17) is 0 Å². The van der Waals surface area contributed by atoms with Gasteiger partial charge in [-0.3, -0.25) is 0 Å². The second-order valence-corrected chi connectivity index (χ2v) is 17.7. The van der Waals surface area contributed by atoms with Crippen molar-refractivity contribution in [2.24, 2.45) is 0 Å². The zero-order chi connectivity index (χ0) is 45.7. The number of benzene rings is 11. The Morgan fingerprint density at radius 3 is 1.30 bits per heavy atom. The SMILES string of the molecule is c1ccc(-c2ccccc2-c2ccccc2-c2ccccc2N(c2ccc(-c3cccc(-n4c5ccccc5c5ccccc54)c3)cc2)c2ccc3c4ccccc4n(-c4ccccc4)c3c2)cc1. The molecule has 0 aliphatic rings. The van der Waals surface area contributed by atoms with Gasteiger partial charge in [0, 0.05) is 49.9 Å². The molecule has 0 spiro atoms. The molecule has 0 amide bonds. The molecule has 13 rings (SSSR count). The van der Waals surface area contributed by atoms with Crippen LogP contribution in [0.25, 0.3) is 99.5 Å². The third-order valence-electron chi connectivity index (χ3n) is 13.7. The summed E-state index contributed by atoms with van der Waals surface area (Å²) < 4.78 is 4.80. The van der Waals surface area contributed by atoms with Gasteiger partial charge < -0.3 is 14.0 Å². The highest BCUT2D eigenvalue weighted by atomic mass is 15.1. The molecule has 0 N–H and O–H groups in total. The zero-order valence-corrected chi connectivity index (χ0v) is 37.8. The molecule has 0 aliphatic carbocycles. The maximum absolute atomic E-state index is 2.44. The first-order valence-corrected chi connectivity index (χ1v) is 23.7. The van der Waals surface area contributed by atoms with Crippen LogP contribution in [0.15, 0.2) is 273 Å². The van der Waals surface area contributed by atoms with E-state index in [2.05, 4.69) is 287 Å². The highest BCUT2D eigenvalue weighted by Crippen LogP contribution is 2.47. The first-order valence-electron chi connectivity index (χ1n) is 23.7. The first kappa shape index (κ1) is 40.1. The molecule has 2 aromatic heterocycles. The Kier molecular flexibility index (Phi) is 9.84. The summed E-state index contributed by atoms with van der Waals surface area (Å²) >= 11 is 0. The maximum atomic E-state index is 2.44. The molecule has 0 aliphatic heterocycles. The molecule has 324 valence electrons. The molecule has 0 saturated heterocycles. The van der Waals surface area contributed by atoms with Crippen LogP contribution in [0.4, 0.5) is 17.1 Å². The van der Waals surface area contributed by atoms with Crippen LogP contribution >= 0.6 is 0 Å². The predicted octanol–water partition coefficient (Wildman–Crippen LogP) is 18.0. The summed E-state index contributed by atoms with van der Waals surface area (Å²) in [6, 6.07) is 99.2.